The number of benzene rings is 2. The van der Waals surface area contributed by atoms with Crippen LogP contribution >= 0.6 is 0 Å². The molecule has 0 saturated carbocycles. The van der Waals surface area contributed by atoms with Gasteiger partial charge in [-0.05, 0) is 29.5 Å². The second kappa shape index (κ2) is 10.1. The van der Waals surface area contributed by atoms with Crippen LogP contribution in [0.3, 0.4) is 0 Å². The minimum Gasteiger partial charge on any atom is -0.480 e. The lowest BCUT2D eigenvalue weighted by molar-refractivity contribution is -0.141. The van der Waals surface area contributed by atoms with Gasteiger partial charge in [0.15, 0.2) is 5.69 Å². The molecule has 0 unspecified atom stereocenters. The predicted octanol–water partition coefficient (Wildman–Crippen LogP) is 1.79. The molecule has 1 heterocycles. The molecule has 4 N–H and O–H groups in total. The predicted molar refractivity (Wildman–Crippen MR) is 113 cm³/mol. The fourth-order valence-corrected chi connectivity index (χ4v) is 3.26. The van der Waals surface area contributed by atoms with E-state index < -0.39 is 29.9 Å². The van der Waals surface area contributed by atoms with E-state index in [2.05, 4.69) is 26.0 Å². The van der Waals surface area contributed by atoms with Crippen LogP contribution < -0.4 is 10.6 Å². The number of hydrogen-bond donors (Lipinski definition) is 4. The lowest BCUT2D eigenvalue weighted by Crippen LogP contribution is -2.47. The molecule has 3 rings (SSSR count). The van der Waals surface area contributed by atoms with Crippen molar-refractivity contribution in [3.05, 3.63) is 72.1 Å². The number of aromatic amines is 1. The van der Waals surface area contributed by atoms with Gasteiger partial charge in [-0.15, -0.1) is 0 Å². The Labute approximate surface area is 178 Å². The maximum absolute atomic E-state index is 12.5. The van der Waals surface area contributed by atoms with Gasteiger partial charge in [-0.1, -0.05) is 54.6 Å². The van der Waals surface area contributed by atoms with Crippen molar-refractivity contribution in [2.24, 2.45) is 0 Å². The van der Waals surface area contributed by atoms with E-state index >= 15 is 0 Å². The van der Waals surface area contributed by atoms with Gasteiger partial charge < -0.3 is 15.7 Å². The molecule has 0 aliphatic heterocycles. The third kappa shape index (κ3) is 6.23. The Bertz CT molecular complexity index is 1020. The van der Waals surface area contributed by atoms with Crippen LogP contribution in [-0.2, 0) is 16.0 Å². The Kier molecular flexibility index (Phi) is 7.10. The summed E-state index contributed by atoms with van der Waals surface area (Å²) in [7, 11) is 0. The minimum atomic E-state index is -1.17. The molecule has 0 spiro atoms. The van der Waals surface area contributed by atoms with Crippen LogP contribution in [0.25, 0.3) is 11.1 Å². The van der Waals surface area contributed by atoms with Gasteiger partial charge in [-0.3, -0.25) is 9.59 Å². The van der Waals surface area contributed by atoms with Crippen molar-refractivity contribution < 1.29 is 19.5 Å². The number of hydrogen-bond acceptors (Lipinski definition) is 5. The number of rotatable bonds is 9. The first-order valence-electron chi connectivity index (χ1n) is 9.73. The third-order valence-corrected chi connectivity index (χ3v) is 4.72. The van der Waals surface area contributed by atoms with Crippen LogP contribution in [0.15, 0.2) is 60.8 Å². The summed E-state index contributed by atoms with van der Waals surface area (Å²) in [4.78, 5) is 35.4. The van der Waals surface area contributed by atoms with E-state index in [-0.39, 0.29) is 12.1 Å². The fourth-order valence-electron chi connectivity index (χ4n) is 3.26. The Hall–Kier alpha value is -4.01. The quantitative estimate of drug-likeness (QED) is 0.416. The standard InChI is InChI=1S/C22H23N5O4/c1-14(28)24-19(22(30)31)12-18(25-21(29)20-13-23-27-26-20)11-15-7-9-17(10-8-15)16-5-3-2-4-6-16/h2-10,13,18-19H,11-12H2,1H3,(H,24,28)(H,25,29)(H,30,31)(H,23,26,27)/t18-,19-/m1/s1. The van der Waals surface area contributed by atoms with Gasteiger partial charge in [-0.25, -0.2) is 4.79 Å². The number of carbonyl (C=O) groups is 3. The van der Waals surface area contributed by atoms with Crippen LogP contribution in [0.1, 0.15) is 29.4 Å². The third-order valence-electron chi connectivity index (χ3n) is 4.72. The van der Waals surface area contributed by atoms with Gasteiger partial charge in [0.25, 0.3) is 5.91 Å². The minimum absolute atomic E-state index is 0.0128. The smallest absolute Gasteiger partial charge is 0.326 e. The van der Waals surface area contributed by atoms with Crippen molar-refractivity contribution in [1.29, 1.82) is 0 Å². The van der Waals surface area contributed by atoms with Crippen LogP contribution in [0, 0.1) is 0 Å². The average molecular weight is 421 g/mol. The van der Waals surface area contributed by atoms with Crippen molar-refractivity contribution in [2.45, 2.75) is 31.8 Å². The summed E-state index contributed by atoms with van der Waals surface area (Å²) in [5.41, 5.74) is 3.14. The topological polar surface area (TPSA) is 137 Å². The van der Waals surface area contributed by atoms with Gasteiger partial charge in [0.1, 0.15) is 6.04 Å². The highest BCUT2D eigenvalue weighted by Crippen LogP contribution is 2.20. The Morgan fingerprint density at radius 1 is 1.00 bits per heavy atom. The zero-order valence-electron chi connectivity index (χ0n) is 16.9. The molecule has 31 heavy (non-hydrogen) atoms. The SMILES string of the molecule is CC(=O)N[C@H](C[C@@H](Cc1ccc(-c2ccccc2)cc1)NC(=O)c1cn[nH]n1)C(=O)O. The normalized spacial score (nSPS) is 12.5. The summed E-state index contributed by atoms with van der Waals surface area (Å²) in [6, 6.07) is 16.0. The molecule has 9 nitrogen and oxygen atoms in total. The fraction of sp³-hybridized carbons (Fsp3) is 0.227. The van der Waals surface area contributed by atoms with Crippen LogP contribution in [-0.4, -0.2) is 50.4 Å². The van der Waals surface area contributed by atoms with E-state index in [1.807, 2.05) is 54.6 Å². The maximum Gasteiger partial charge on any atom is 0.326 e. The van der Waals surface area contributed by atoms with E-state index in [1.54, 1.807) is 0 Å². The molecule has 2 aromatic carbocycles. The lowest BCUT2D eigenvalue weighted by Gasteiger charge is -2.23. The average Bonchev–Trinajstić information content (AvgIpc) is 3.29. The number of aliphatic carboxylic acids is 1. The van der Waals surface area contributed by atoms with Crippen LogP contribution in [0.5, 0.6) is 0 Å². The number of nitrogens with one attached hydrogen (secondary N) is 3. The number of carboxylic acid groups (broad SMARTS) is 1. The first-order valence-corrected chi connectivity index (χ1v) is 9.73. The molecule has 9 heteroatoms. The Balaban J connectivity index is 1.77. The van der Waals surface area contributed by atoms with Gasteiger partial charge >= 0.3 is 5.97 Å². The molecule has 0 saturated heterocycles. The monoisotopic (exact) mass is 421 g/mol. The maximum atomic E-state index is 12.5. The van der Waals surface area contributed by atoms with Crippen molar-refractivity contribution in [2.75, 3.05) is 0 Å². The number of carbonyl (C=O) groups excluding carboxylic acids is 2. The number of nitrogens with zero attached hydrogens (tertiary/aromatic N) is 2. The van der Waals surface area contributed by atoms with E-state index in [0.717, 1.165) is 16.7 Å². The highest BCUT2D eigenvalue weighted by molar-refractivity contribution is 5.92. The molecule has 3 aromatic rings. The molecule has 0 radical (unpaired) electrons. The first kappa shape index (κ1) is 21.7. The van der Waals surface area contributed by atoms with E-state index in [4.69, 9.17) is 0 Å². The van der Waals surface area contributed by atoms with Crippen molar-refractivity contribution >= 4 is 17.8 Å². The zero-order valence-corrected chi connectivity index (χ0v) is 16.9. The van der Waals surface area contributed by atoms with Gasteiger partial charge in [0.2, 0.25) is 5.91 Å². The summed E-state index contributed by atoms with van der Waals surface area (Å²) in [5.74, 6) is -2.11. The highest BCUT2D eigenvalue weighted by Gasteiger charge is 2.25. The van der Waals surface area contributed by atoms with E-state index in [1.165, 1.54) is 13.1 Å². The molecule has 2 atom stereocenters. The zero-order chi connectivity index (χ0) is 22.2. The summed E-state index contributed by atoms with van der Waals surface area (Å²) in [6.07, 6.45) is 1.67. The summed E-state index contributed by atoms with van der Waals surface area (Å²) < 4.78 is 0. The van der Waals surface area contributed by atoms with Gasteiger partial charge in [0, 0.05) is 13.0 Å². The second-order valence-corrected chi connectivity index (χ2v) is 7.12. The van der Waals surface area contributed by atoms with E-state index in [0.29, 0.717) is 6.42 Å². The highest BCUT2D eigenvalue weighted by atomic mass is 16.4. The van der Waals surface area contributed by atoms with Gasteiger partial charge in [-0.2, -0.15) is 15.4 Å². The molecule has 0 aliphatic rings. The van der Waals surface area contributed by atoms with Gasteiger partial charge in [0.05, 0.1) is 6.20 Å². The lowest BCUT2D eigenvalue weighted by atomic mass is 9.97. The summed E-state index contributed by atoms with van der Waals surface area (Å²) >= 11 is 0. The van der Waals surface area contributed by atoms with Crippen molar-refractivity contribution in [3.63, 3.8) is 0 Å². The molecule has 0 fully saturated rings. The molecule has 2 amide bonds. The van der Waals surface area contributed by atoms with Crippen LogP contribution in [0.4, 0.5) is 0 Å². The van der Waals surface area contributed by atoms with Crippen molar-refractivity contribution in [3.8, 4) is 11.1 Å². The molecule has 0 aliphatic carbocycles. The summed E-state index contributed by atoms with van der Waals surface area (Å²) in [6.45, 7) is 1.25. The molecule has 0 bridgehead atoms. The Morgan fingerprint density at radius 3 is 2.26 bits per heavy atom. The second-order valence-electron chi connectivity index (χ2n) is 7.12. The Morgan fingerprint density at radius 2 is 1.68 bits per heavy atom. The summed E-state index contributed by atoms with van der Waals surface area (Å²) in [5, 5.41) is 24.4. The number of aromatic nitrogens is 3. The number of amides is 2. The van der Waals surface area contributed by atoms with E-state index in [9.17, 15) is 19.5 Å². The number of H-pyrrole nitrogens is 1. The first-order chi connectivity index (χ1) is 14.9. The molecule has 160 valence electrons. The van der Waals surface area contributed by atoms with Crippen molar-refractivity contribution in [1.82, 2.24) is 26.0 Å². The largest absolute Gasteiger partial charge is 0.480 e. The molecular formula is C22H23N5O4. The number of carboxylic acids is 1. The molecular weight excluding hydrogens is 398 g/mol. The van der Waals surface area contributed by atoms with Crippen LogP contribution in [0.2, 0.25) is 0 Å². The molecule has 1 aromatic heterocycles.